The monoisotopic (exact) mass is 391 g/mol. The van der Waals surface area contributed by atoms with Crippen molar-refractivity contribution in [3.8, 4) is 17.6 Å². The molecule has 0 bridgehead atoms. The highest BCUT2D eigenvalue weighted by atomic mass is 16.5. The van der Waals surface area contributed by atoms with Gasteiger partial charge in [0.2, 0.25) is 0 Å². The number of para-hydroxylation sites is 1. The van der Waals surface area contributed by atoms with Crippen molar-refractivity contribution in [3.63, 3.8) is 0 Å². The van der Waals surface area contributed by atoms with Gasteiger partial charge in [0, 0.05) is 11.6 Å². The van der Waals surface area contributed by atoms with Gasteiger partial charge in [0.25, 0.3) is 11.8 Å². The Labute approximate surface area is 168 Å². The van der Waals surface area contributed by atoms with Crippen LogP contribution in [-0.2, 0) is 11.4 Å². The molecule has 1 saturated carbocycles. The number of nitrogens with zero attached hydrogens (tertiary/aromatic N) is 1. The Morgan fingerprint density at radius 1 is 1.24 bits per heavy atom. The summed E-state index contributed by atoms with van der Waals surface area (Å²) in [5.74, 6) is -0.00670. The number of carbonyl (C=O) groups is 2. The first-order chi connectivity index (χ1) is 14.0. The van der Waals surface area contributed by atoms with Crippen LogP contribution in [0.3, 0.4) is 0 Å². The molecule has 2 amide bonds. The van der Waals surface area contributed by atoms with Crippen LogP contribution in [0.4, 0.5) is 0 Å². The van der Waals surface area contributed by atoms with Gasteiger partial charge in [0.05, 0.1) is 12.7 Å². The Morgan fingerprint density at radius 3 is 2.66 bits per heavy atom. The van der Waals surface area contributed by atoms with Crippen LogP contribution in [0.5, 0.6) is 11.5 Å². The number of hydrogen-bond acceptors (Lipinski definition) is 5. The highest BCUT2D eigenvalue weighted by Gasteiger charge is 2.24. The van der Waals surface area contributed by atoms with Gasteiger partial charge < -0.3 is 20.5 Å². The van der Waals surface area contributed by atoms with Crippen molar-refractivity contribution < 1.29 is 19.1 Å². The van der Waals surface area contributed by atoms with E-state index in [4.69, 9.17) is 15.2 Å². The average Bonchev–Trinajstić information content (AvgIpc) is 3.54. The summed E-state index contributed by atoms with van der Waals surface area (Å²) in [7, 11) is 1.54. The lowest BCUT2D eigenvalue weighted by molar-refractivity contribution is -0.117. The molecule has 0 aromatic heterocycles. The van der Waals surface area contributed by atoms with E-state index >= 15 is 0 Å². The van der Waals surface area contributed by atoms with Crippen LogP contribution in [0.25, 0.3) is 6.08 Å². The molecule has 7 heteroatoms. The topological polar surface area (TPSA) is 114 Å². The summed E-state index contributed by atoms with van der Waals surface area (Å²) < 4.78 is 11.1. The summed E-state index contributed by atoms with van der Waals surface area (Å²) in [6.45, 7) is 0.116. The Morgan fingerprint density at radius 2 is 2.00 bits per heavy atom. The summed E-state index contributed by atoms with van der Waals surface area (Å²) in [4.78, 5) is 23.7. The predicted molar refractivity (Wildman–Crippen MR) is 107 cm³/mol. The van der Waals surface area contributed by atoms with Gasteiger partial charge in [-0.1, -0.05) is 18.2 Å². The van der Waals surface area contributed by atoms with E-state index in [1.165, 1.54) is 13.2 Å². The fourth-order valence-corrected chi connectivity index (χ4v) is 2.76. The van der Waals surface area contributed by atoms with Crippen LogP contribution in [0.2, 0.25) is 0 Å². The lowest BCUT2D eigenvalue weighted by atomic mass is 10.1. The summed E-state index contributed by atoms with van der Waals surface area (Å²) >= 11 is 0. The Hall–Kier alpha value is -3.79. The van der Waals surface area contributed by atoms with Crippen LogP contribution in [0.1, 0.15) is 34.3 Å². The zero-order valence-electron chi connectivity index (χ0n) is 16.0. The molecule has 0 spiro atoms. The normalized spacial score (nSPS) is 13.3. The molecule has 2 aromatic rings. The van der Waals surface area contributed by atoms with E-state index < -0.39 is 5.91 Å². The zero-order valence-corrected chi connectivity index (χ0v) is 16.0. The number of nitriles is 1. The van der Waals surface area contributed by atoms with Crippen molar-refractivity contribution in [1.82, 2.24) is 5.32 Å². The fraction of sp³-hybridized carbons (Fsp3) is 0.227. The molecule has 0 heterocycles. The van der Waals surface area contributed by atoms with E-state index in [0.29, 0.717) is 22.6 Å². The summed E-state index contributed by atoms with van der Waals surface area (Å²) in [5.41, 5.74) is 7.06. The third-order valence-electron chi connectivity index (χ3n) is 4.43. The van der Waals surface area contributed by atoms with E-state index in [-0.39, 0.29) is 29.7 Å². The molecular formula is C22H21N3O4. The van der Waals surface area contributed by atoms with Gasteiger partial charge in [-0.05, 0) is 48.7 Å². The van der Waals surface area contributed by atoms with Crippen molar-refractivity contribution in [1.29, 1.82) is 5.26 Å². The molecule has 0 saturated heterocycles. The van der Waals surface area contributed by atoms with Crippen molar-refractivity contribution >= 4 is 17.9 Å². The second-order valence-corrected chi connectivity index (χ2v) is 6.64. The molecule has 3 rings (SSSR count). The van der Waals surface area contributed by atoms with Crippen molar-refractivity contribution in [2.24, 2.45) is 5.73 Å². The van der Waals surface area contributed by atoms with Gasteiger partial charge in [0.15, 0.2) is 0 Å². The largest absolute Gasteiger partial charge is 0.496 e. The van der Waals surface area contributed by atoms with Crippen LogP contribution in [0, 0.1) is 11.3 Å². The molecule has 7 nitrogen and oxygen atoms in total. The Bertz CT molecular complexity index is 1000. The van der Waals surface area contributed by atoms with Gasteiger partial charge >= 0.3 is 0 Å². The van der Waals surface area contributed by atoms with Gasteiger partial charge in [0.1, 0.15) is 29.7 Å². The van der Waals surface area contributed by atoms with E-state index in [2.05, 4.69) is 5.32 Å². The standard InChI is InChI=1S/C22H21N3O4/c1-28-19-9-6-14(10-15(12-23)22(27)25-17-7-8-17)11-16(19)13-29-20-5-3-2-4-18(20)21(24)26/h2-6,9-11,17H,7-8,13H2,1H3,(H2,24,26)(H,25,27)/b15-10+. The Kier molecular flexibility index (Phi) is 6.15. The lowest BCUT2D eigenvalue weighted by Gasteiger charge is -2.13. The van der Waals surface area contributed by atoms with Crippen LogP contribution < -0.4 is 20.5 Å². The number of hydrogen-bond donors (Lipinski definition) is 2. The first-order valence-electron chi connectivity index (χ1n) is 9.13. The maximum atomic E-state index is 12.2. The van der Waals surface area contributed by atoms with Crippen molar-refractivity contribution in [3.05, 3.63) is 64.7 Å². The molecule has 148 valence electrons. The minimum absolute atomic E-state index is 0.0352. The van der Waals surface area contributed by atoms with Gasteiger partial charge in [-0.25, -0.2) is 0 Å². The smallest absolute Gasteiger partial charge is 0.262 e. The first kappa shape index (κ1) is 20.0. The lowest BCUT2D eigenvalue weighted by Crippen LogP contribution is -2.26. The number of amides is 2. The number of rotatable bonds is 8. The number of nitrogens with one attached hydrogen (secondary N) is 1. The number of methoxy groups -OCH3 is 1. The van der Waals surface area contributed by atoms with Crippen molar-refractivity contribution in [2.75, 3.05) is 7.11 Å². The third-order valence-corrected chi connectivity index (χ3v) is 4.43. The molecule has 1 aliphatic carbocycles. The zero-order chi connectivity index (χ0) is 20.8. The predicted octanol–water partition coefficient (Wildman–Crippen LogP) is 2.56. The van der Waals surface area contributed by atoms with Crippen LogP contribution in [-0.4, -0.2) is 25.0 Å². The number of primary amides is 1. The fourth-order valence-electron chi connectivity index (χ4n) is 2.76. The SMILES string of the molecule is COc1ccc(/C=C(\C#N)C(=O)NC2CC2)cc1COc1ccccc1C(N)=O. The van der Waals surface area contributed by atoms with Crippen molar-refractivity contribution in [2.45, 2.75) is 25.5 Å². The maximum Gasteiger partial charge on any atom is 0.262 e. The average molecular weight is 391 g/mol. The quantitative estimate of drug-likeness (QED) is 0.530. The van der Waals surface area contributed by atoms with Gasteiger partial charge in [-0.2, -0.15) is 5.26 Å². The van der Waals surface area contributed by atoms with Gasteiger partial charge in [-0.15, -0.1) is 0 Å². The molecule has 3 N–H and O–H groups in total. The minimum atomic E-state index is -0.579. The molecule has 1 aliphatic rings. The van der Waals surface area contributed by atoms with E-state index in [1.807, 2.05) is 6.07 Å². The highest BCUT2D eigenvalue weighted by Crippen LogP contribution is 2.25. The molecule has 0 unspecified atom stereocenters. The summed E-state index contributed by atoms with van der Waals surface area (Å²) in [5, 5.41) is 12.1. The summed E-state index contributed by atoms with van der Waals surface area (Å²) in [6, 6.07) is 14.1. The van der Waals surface area contributed by atoms with Gasteiger partial charge in [-0.3, -0.25) is 9.59 Å². The number of ether oxygens (including phenoxy) is 2. The van der Waals surface area contributed by atoms with E-state index in [9.17, 15) is 14.9 Å². The van der Waals surface area contributed by atoms with Crippen LogP contribution in [0.15, 0.2) is 48.0 Å². The van der Waals surface area contributed by atoms with E-state index in [0.717, 1.165) is 12.8 Å². The molecule has 0 atom stereocenters. The molecule has 2 aromatic carbocycles. The molecular weight excluding hydrogens is 370 g/mol. The minimum Gasteiger partial charge on any atom is -0.496 e. The Balaban J connectivity index is 1.82. The number of benzene rings is 2. The maximum absolute atomic E-state index is 12.2. The van der Waals surface area contributed by atoms with Crippen LogP contribution >= 0.6 is 0 Å². The number of nitrogens with two attached hydrogens (primary N) is 1. The summed E-state index contributed by atoms with van der Waals surface area (Å²) in [6.07, 6.45) is 3.42. The third kappa shape index (κ3) is 5.14. The number of carbonyl (C=O) groups excluding carboxylic acids is 2. The van der Waals surface area contributed by atoms with E-state index in [1.54, 1.807) is 42.5 Å². The first-order valence-corrected chi connectivity index (χ1v) is 9.13. The molecule has 0 radical (unpaired) electrons. The molecule has 29 heavy (non-hydrogen) atoms. The second kappa shape index (κ2) is 8.93. The molecule has 0 aliphatic heterocycles. The molecule has 1 fully saturated rings. The highest BCUT2D eigenvalue weighted by molar-refractivity contribution is 6.02. The second-order valence-electron chi connectivity index (χ2n) is 6.64.